The molecular formula is C16H20FN3O. The van der Waals surface area contributed by atoms with Crippen LogP contribution in [0, 0.1) is 0 Å². The molecule has 112 valence electrons. The summed E-state index contributed by atoms with van der Waals surface area (Å²) in [6.45, 7) is 3.88. The fourth-order valence-corrected chi connectivity index (χ4v) is 2.97. The molecule has 0 radical (unpaired) electrons. The van der Waals surface area contributed by atoms with Crippen LogP contribution in [0.3, 0.4) is 0 Å². The first kappa shape index (κ1) is 14.0. The Morgan fingerprint density at radius 3 is 2.81 bits per heavy atom. The zero-order valence-corrected chi connectivity index (χ0v) is 12.4. The average molecular weight is 289 g/mol. The molecule has 2 aromatic heterocycles. The minimum absolute atomic E-state index is 0.392. The SMILES string of the molecule is CC(C)(F)C(=O)N1CCC(c2cnc3[nH]ccc3c2)CC1. The molecule has 0 atom stereocenters. The van der Waals surface area contributed by atoms with Crippen LogP contribution in [-0.2, 0) is 4.79 Å². The molecule has 0 saturated carbocycles. The maximum Gasteiger partial charge on any atom is 0.259 e. The number of fused-ring (bicyclic) bond motifs is 1. The normalized spacial score (nSPS) is 17.4. The molecule has 1 N–H and O–H groups in total. The molecule has 4 nitrogen and oxygen atoms in total. The van der Waals surface area contributed by atoms with E-state index in [1.165, 1.54) is 19.4 Å². The quantitative estimate of drug-likeness (QED) is 0.924. The highest BCUT2D eigenvalue weighted by Gasteiger charge is 2.34. The number of halogens is 1. The van der Waals surface area contributed by atoms with Crippen LogP contribution >= 0.6 is 0 Å². The molecule has 2 aromatic rings. The molecule has 3 rings (SSSR count). The highest BCUT2D eigenvalue weighted by atomic mass is 19.1. The Hall–Kier alpha value is -1.91. The van der Waals surface area contributed by atoms with Crippen LogP contribution in [0.25, 0.3) is 11.0 Å². The molecule has 3 heterocycles. The molecule has 21 heavy (non-hydrogen) atoms. The van der Waals surface area contributed by atoms with Crippen molar-refractivity contribution in [3.8, 4) is 0 Å². The van der Waals surface area contributed by atoms with Crippen molar-refractivity contribution >= 4 is 16.9 Å². The second-order valence-electron chi connectivity index (χ2n) is 6.22. The Labute approximate surface area is 123 Å². The molecule has 0 aromatic carbocycles. The van der Waals surface area contributed by atoms with Gasteiger partial charge in [0.25, 0.3) is 5.91 Å². The van der Waals surface area contributed by atoms with Crippen LogP contribution < -0.4 is 0 Å². The molecule has 0 spiro atoms. The van der Waals surface area contributed by atoms with E-state index in [0.29, 0.717) is 19.0 Å². The highest BCUT2D eigenvalue weighted by Crippen LogP contribution is 2.30. The third kappa shape index (κ3) is 2.77. The fourth-order valence-electron chi connectivity index (χ4n) is 2.97. The number of pyridine rings is 1. The van der Waals surface area contributed by atoms with E-state index in [0.717, 1.165) is 23.9 Å². The molecular weight excluding hydrogens is 269 g/mol. The van der Waals surface area contributed by atoms with E-state index < -0.39 is 11.6 Å². The number of hydrogen-bond acceptors (Lipinski definition) is 2. The van der Waals surface area contributed by atoms with Gasteiger partial charge in [-0.1, -0.05) is 0 Å². The van der Waals surface area contributed by atoms with Crippen molar-refractivity contribution < 1.29 is 9.18 Å². The van der Waals surface area contributed by atoms with Crippen molar-refractivity contribution in [2.24, 2.45) is 0 Å². The minimum atomic E-state index is -1.78. The third-order valence-electron chi connectivity index (χ3n) is 4.18. The summed E-state index contributed by atoms with van der Waals surface area (Å²) in [7, 11) is 0. The lowest BCUT2D eigenvalue weighted by Gasteiger charge is -2.34. The van der Waals surface area contributed by atoms with Gasteiger partial charge in [-0.2, -0.15) is 0 Å². The van der Waals surface area contributed by atoms with Crippen LogP contribution in [0.15, 0.2) is 24.5 Å². The number of aromatic amines is 1. The Balaban J connectivity index is 1.69. The number of carbonyl (C=O) groups is 1. The zero-order valence-electron chi connectivity index (χ0n) is 12.4. The smallest absolute Gasteiger partial charge is 0.259 e. The van der Waals surface area contributed by atoms with E-state index >= 15 is 0 Å². The van der Waals surface area contributed by atoms with Crippen LogP contribution in [-0.4, -0.2) is 39.5 Å². The predicted octanol–water partition coefficient (Wildman–Crippen LogP) is 3.02. The maximum absolute atomic E-state index is 13.7. The number of alkyl halides is 1. The van der Waals surface area contributed by atoms with Gasteiger partial charge in [0.1, 0.15) is 5.65 Å². The molecule has 1 fully saturated rings. The number of hydrogen-bond donors (Lipinski definition) is 1. The van der Waals surface area contributed by atoms with Gasteiger partial charge in [0.2, 0.25) is 0 Å². The van der Waals surface area contributed by atoms with E-state index in [9.17, 15) is 9.18 Å². The number of rotatable bonds is 2. The van der Waals surface area contributed by atoms with E-state index in [1.807, 2.05) is 18.5 Å². The lowest BCUT2D eigenvalue weighted by Crippen LogP contribution is -2.46. The molecule has 1 aliphatic heterocycles. The molecule has 0 bridgehead atoms. The van der Waals surface area contributed by atoms with Gasteiger partial charge in [-0.25, -0.2) is 9.37 Å². The number of amides is 1. The van der Waals surface area contributed by atoms with Gasteiger partial charge in [0, 0.05) is 30.9 Å². The minimum Gasteiger partial charge on any atom is -0.346 e. The molecule has 1 saturated heterocycles. The zero-order chi connectivity index (χ0) is 15.0. The Kier molecular flexibility index (Phi) is 3.43. The highest BCUT2D eigenvalue weighted by molar-refractivity contribution is 5.84. The summed E-state index contributed by atoms with van der Waals surface area (Å²) < 4.78 is 13.7. The van der Waals surface area contributed by atoms with Gasteiger partial charge in [-0.3, -0.25) is 4.79 Å². The first-order chi connectivity index (χ1) is 9.95. The van der Waals surface area contributed by atoms with Crippen molar-refractivity contribution in [3.63, 3.8) is 0 Å². The van der Waals surface area contributed by atoms with Crippen molar-refractivity contribution in [2.45, 2.75) is 38.3 Å². The van der Waals surface area contributed by atoms with E-state index in [2.05, 4.69) is 16.0 Å². The van der Waals surface area contributed by atoms with Crippen molar-refractivity contribution in [1.82, 2.24) is 14.9 Å². The van der Waals surface area contributed by atoms with Gasteiger partial charge in [0.05, 0.1) is 0 Å². The van der Waals surface area contributed by atoms with Gasteiger partial charge in [-0.05, 0) is 50.3 Å². The van der Waals surface area contributed by atoms with Crippen LogP contribution in [0.4, 0.5) is 4.39 Å². The lowest BCUT2D eigenvalue weighted by molar-refractivity contribution is -0.142. The third-order valence-corrected chi connectivity index (χ3v) is 4.18. The number of H-pyrrole nitrogens is 1. The first-order valence-electron chi connectivity index (χ1n) is 7.36. The van der Waals surface area contributed by atoms with Crippen molar-refractivity contribution in [3.05, 3.63) is 30.1 Å². The van der Waals surface area contributed by atoms with Gasteiger partial charge < -0.3 is 9.88 Å². The largest absolute Gasteiger partial charge is 0.346 e. The van der Waals surface area contributed by atoms with E-state index in [1.54, 1.807) is 4.90 Å². The second kappa shape index (κ2) is 5.13. The number of aromatic nitrogens is 2. The van der Waals surface area contributed by atoms with Crippen molar-refractivity contribution in [1.29, 1.82) is 0 Å². The lowest BCUT2D eigenvalue weighted by atomic mass is 9.89. The van der Waals surface area contributed by atoms with Crippen LogP contribution in [0.5, 0.6) is 0 Å². The maximum atomic E-state index is 13.7. The number of piperidine rings is 1. The number of nitrogens with one attached hydrogen (secondary N) is 1. The molecule has 1 amide bonds. The summed E-state index contributed by atoms with van der Waals surface area (Å²) in [5, 5.41) is 1.11. The molecule has 0 unspecified atom stereocenters. The summed E-state index contributed by atoms with van der Waals surface area (Å²) in [6.07, 6.45) is 5.50. The van der Waals surface area contributed by atoms with E-state index in [4.69, 9.17) is 0 Å². The Morgan fingerprint density at radius 2 is 2.14 bits per heavy atom. The van der Waals surface area contributed by atoms with Crippen molar-refractivity contribution in [2.75, 3.05) is 13.1 Å². The van der Waals surface area contributed by atoms with Gasteiger partial charge in [0.15, 0.2) is 5.67 Å². The van der Waals surface area contributed by atoms with Crippen LogP contribution in [0.1, 0.15) is 38.2 Å². The molecule has 0 aliphatic carbocycles. The monoisotopic (exact) mass is 289 g/mol. The number of nitrogens with zero attached hydrogens (tertiary/aromatic N) is 2. The topological polar surface area (TPSA) is 49.0 Å². The van der Waals surface area contributed by atoms with Gasteiger partial charge in [-0.15, -0.1) is 0 Å². The summed E-state index contributed by atoms with van der Waals surface area (Å²) in [4.78, 5) is 21.1. The number of carbonyl (C=O) groups excluding carboxylic acids is 1. The Morgan fingerprint density at radius 1 is 1.43 bits per heavy atom. The summed E-state index contributed by atoms with van der Waals surface area (Å²) in [5.41, 5.74) is 0.317. The molecule has 1 aliphatic rings. The fraction of sp³-hybridized carbons (Fsp3) is 0.500. The van der Waals surface area contributed by atoms with E-state index in [-0.39, 0.29) is 0 Å². The Bertz CT molecular complexity index is 651. The summed E-state index contributed by atoms with van der Waals surface area (Å²) in [5.74, 6) is -0.0104. The predicted molar refractivity (Wildman–Crippen MR) is 79.8 cm³/mol. The van der Waals surface area contributed by atoms with Gasteiger partial charge >= 0.3 is 0 Å². The first-order valence-corrected chi connectivity index (χ1v) is 7.36. The summed E-state index contributed by atoms with van der Waals surface area (Å²) in [6, 6.07) is 4.16. The standard InChI is InChI=1S/C16H20FN3O/c1-16(2,17)15(21)20-7-4-11(5-8-20)13-9-12-3-6-18-14(12)19-10-13/h3,6,9-11H,4-5,7-8H2,1-2H3,(H,18,19). The second-order valence-corrected chi connectivity index (χ2v) is 6.22. The number of likely N-dealkylation sites (tertiary alicyclic amines) is 1. The van der Waals surface area contributed by atoms with Crippen LogP contribution in [0.2, 0.25) is 0 Å². The average Bonchev–Trinajstić information content (AvgIpc) is 2.93. The summed E-state index contributed by atoms with van der Waals surface area (Å²) >= 11 is 0. The molecule has 5 heteroatoms.